The van der Waals surface area contributed by atoms with Crippen LogP contribution in [0, 0.1) is 0 Å². The lowest BCUT2D eigenvalue weighted by Crippen LogP contribution is -2.45. The van der Waals surface area contributed by atoms with E-state index in [-0.39, 0.29) is 30.3 Å². The first-order chi connectivity index (χ1) is 9.85. The summed E-state index contributed by atoms with van der Waals surface area (Å²) in [7, 11) is 0. The maximum absolute atomic E-state index is 12.5. The third kappa shape index (κ3) is 5.55. The fourth-order valence-corrected chi connectivity index (χ4v) is 2.66. The van der Waals surface area contributed by atoms with Gasteiger partial charge in [-0.2, -0.15) is 13.2 Å². The molecule has 2 rings (SSSR count). The second-order valence-electron chi connectivity index (χ2n) is 5.24. The molecule has 22 heavy (non-hydrogen) atoms. The largest absolute Gasteiger partial charge is 0.508 e. The van der Waals surface area contributed by atoms with Gasteiger partial charge in [0.25, 0.3) is 0 Å². The van der Waals surface area contributed by atoms with E-state index in [1.54, 1.807) is 0 Å². The minimum absolute atomic E-state index is 0. The summed E-state index contributed by atoms with van der Waals surface area (Å²) < 4.78 is 37.6. The van der Waals surface area contributed by atoms with Gasteiger partial charge in [0.05, 0.1) is 0 Å². The second-order valence-corrected chi connectivity index (χ2v) is 5.24. The number of nitrogens with one attached hydrogen (secondary N) is 1. The van der Waals surface area contributed by atoms with E-state index >= 15 is 0 Å². The maximum atomic E-state index is 12.5. The number of halogens is 4. The molecule has 0 unspecified atom stereocenters. The number of aromatic hydroxyl groups is 2. The van der Waals surface area contributed by atoms with Crippen LogP contribution in [0.4, 0.5) is 13.2 Å². The highest BCUT2D eigenvalue weighted by Gasteiger charge is 2.31. The minimum atomic E-state index is -4.22. The van der Waals surface area contributed by atoms with Gasteiger partial charge in [-0.15, -0.1) is 12.4 Å². The molecule has 1 aromatic rings. The summed E-state index contributed by atoms with van der Waals surface area (Å²) in [5.74, 6) is -0.283. The zero-order valence-electron chi connectivity index (χ0n) is 11.9. The molecule has 1 aliphatic rings. The smallest absolute Gasteiger partial charge is 0.389 e. The Labute approximate surface area is 133 Å². The molecule has 8 heteroatoms. The van der Waals surface area contributed by atoms with Crippen molar-refractivity contribution in [3.05, 3.63) is 23.8 Å². The summed E-state index contributed by atoms with van der Waals surface area (Å²) in [6, 6.07) is 3.54. The number of alkyl halides is 3. The van der Waals surface area contributed by atoms with Crippen molar-refractivity contribution in [3.63, 3.8) is 0 Å². The first kappa shape index (κ1) is 18.9. The van der Waals surface area contributed by atoms with Crippen molar-refractivity contribution in [2.75, 3.05) is 26.2 Å². The second kappa shape index (κ2) is 7.89. The fraction of sp³-hybridized carbons (Fsp3) is 0.571. The zero-order valence-corrected chi connectivity index (χ0v) is 12.8. The molecule has 0 bridgehead atoms. The Hall–Kier alpha value is -1.18. The van der Waals surface area contributed by atoms with E-state index in [4.69, 9.17) is 0 Å². The van der Waals surface area contributed by atoms with Crippen LogP contribution in [0.3, 0.4) is 0 Å². The lowest BCUT2D eigenvalue weighted by atomic mass is 9.98. The molecule has 4 nitrogen and oxygen atoms in total. The van der Waals surface area contributed by atoms with Crippen LogP contribution in [0.15, 0.2) is 18.2 Å². The Bertz CT molecular complexity index is 459. The molecular formula is C14H20ClF3N2O2. The summed E-state index contributed by atoms with van der Waals surface area (Å²) in [5, 5.41) is 22.3. The van der Waals surface area contributed by atoms with E-state index in [0.29, 0.717) is 31.7 Å². The summed E-state index contributed by atoms with van der Waals surface area (Å²) in [6.45, 7) is 2.71. The molecule has 126 valence electrons. The molecule has 1 atom stereocenters. The number of hydrogen-bond donors (Lipinski definition) is 3. The Morgan fingerprint density at radius 3 is 2.14 bits per heavy atom. The van der Waals surface area contributed by atoms with Crippen molar-refractivity contribution in [1.82, 2.24) is 10.2 Å². The predicted molar refractivity (Wildman–Crippen MR) is 79.5 cm³/mol. The van der Waals surface area contributed by atoms with Crippen LogP contribution in [-0.2, 0) is 0 Å². The molecule has 0 aromatic heterocycles. The van der Waals surface area contributed by atoms with Gasteiger partial charge in [0.2, 0.25) is 0 Å². The maximum Gasteiger partial charge on any atom is 0.389 e. The lowest BCUT2D eigenvalue weighted by molar-refractivity contribution is -0.138. The van der Waals surface area contributed by atoms with Gasteiger partial charge in [0, 0.05) is 44.7 Å². The van der Waals surface area contributed by atoms with Crippen molar-refractivity contribution in [2.45, 2.75) is 25.1 Å². The molecule has 0 radical (unpaired) electrons. The summed E-state index contributed by atoms with van der Waals surface area (Å²) in [5.41, 5.74) is 0.513. The Morgan fingerprint density at radius 1 is 1.09 bits per heavy atom. The van der Waals surface area contributed by atoms with E-state index < -0.39 is 18.6 Å². The Morgan fingerprint density at radius 2 is 1.64 bits per heavy atom. The van der Waals surface area contributed by atoms with Gasteiger partial charge in [-0.25, -0.2) is 0 Å². The van der Waals surface area contributed by atoms with Crippen LogP contribution >= 0.6 is 12.4 Å². The highest BCUT2D eigenvalue weighted by atomic mass is 35.5. The summed E-state index contributed by atoms with van der Waals surface area (Å²) >= 11 is 0. The van der Waals surface area contributed by atoms with Crippen molar-refractivity contribution in [2.24, 2.45) is 0 Å². The van der Waals surface area contributed by atoms with Gasteiger partial charge in [-0.3, -0.25) is 4.90 Å². The van der Waals surface area contributed by atoms with Crippen LogP contribution in [0.1, 0.15) is 24.4 Å². The first-order valence-electron chi connectivity index (χ1n) is 6.89. The number of benzene rings is 1. The fourth-order valence-electron chi connectivity index (χ4n) is 2.66. The van der Waals surface area contributed by atoms with Crippen molar-refractivity contribution < 1.29 is 23.4 Å². The average molecular weight is 341 g/mol. The van der Waals surface area contributed by atoms with Crippen molar-refractivity contribution in [1.29, 1.82) is 0 Å². The first-order valence-corrected chi connectivity index (χ1v) is 6.89. The van der Waals surface area contributed by atoms with Gasteiger partial charge >= 0.3 is 6.18 Å². The predicted octanol–water partition coefficient (Wildman–Crippen LogP) is 2.81. The highest BCUT2D eigenvalue weighted by molar-refractivity contribution is 5.85. The SMILES string of the molecule is Cl.Oc1cc(O)cc([C@@H](CCC(F)(F)F)N2CCNCC2)c1. The molecule has 0 spiro atoms. The topological polar surface area (TPSA) is 55.7 Å². The Balaban J connectivity index is 0.00000242. The van der Waals surface area contributed by atoms with Crippen LogP contribution in [0.25, 0.3) is 0 Å². The third-order valence-corrected chi connectivity index (χ3v) is 3.60. The Kier molecular flexibility index (Phi) is 6.77. The monoisotopic (exact) mass is 340 g/mol. The standard InChI is InChI=1S/C14H19F3N2O2.ClH/c15-14(16,17)2-1-13(19-5-3-18-4-6-19)10-7-11(20)9-12(21)8-10;/h7-9,13,18,20-21H,1-6H2;1H/t13-;/m1./s1. The molecular weight excluding hydrogens is 321 g/mol. The molecule has 0 aliphatic carbocycles. The molecule has 1 heterocycles. The number of rotatable bonds is 4. The van der Waals surface area contributed by atoms with E-state index in [0.717, 1.165) is 0 Å². The van der Waals surface area contributed by atoms with E-state index in [1.807, 2.05) is 4.90 Å². The summed E-state index contributed by atoms with van der Waals surface area (Å²) in [4.78, 5) is 1.95. The van der Waals surface area contributed by atoms with Gasteiger partial charge in [0.15, 0.2) is 0 Å². The van der Waals surface area contributed by atoms with E-state index in [2.05, 4.69) is 5.32 Å². The molecule has 1 saturated heterocycles. The lowest BCUT2D eigenvalue weighted by Gasteiger charge is -2.35. The zero-order chi connectivity index (χ0) is 15.5. The number of piperazine rings is 1. The summed E-state index contributed by atoms with van der Waals surface area (Å²) in [6.07, 6.45) is -5.20. The van der Waals surface area contributed by atoms with Crippen LogP contribution < -0.4 is 5.32 Å². The van der Waals surface area contributed by atoms with Crippen LogP contribution in [0.5, 0.6) is 11.5 Å². The molecule has 0 amide bonds. The van der Waals surface area contributed by atoms with Gasteiger partial charge < -0.3 is 15.5 Å². The highest BCUT2D eigenvalue weighted by Crippen LogP contribution is 2.34. The molecule has 1 fully saturated rings. The minimum Gasteiger partial charge on any atom is -0.508 e. The number of nitrogens with zero attached hydrogens (tertiary/aromatic N) is 1. The number of hydrogen-bond acceptors (Lipinski definition) is 4. The average Bonchev–Trinajstić information content (AvgIpc) is 2.37. The van der Waals surface area contributed by atoms with Gasteiger partial charge in [-0.1, -0.05) is 0 Å². The van der Waals surface area contributed by atoms with Gasteiger partial charge in [-0.05, 0) is 24.1 Å². The van der Waals surface area contributed by atoms with E-state index in [1.165, 1.54) is 18.2 Å². The number of phenolic OH excluding ortho intramolecular Hbond substituents is 2. The van der Waals surface area contributed by atoms with E-state index in [9.17, 15) is 23.4 Å². The normalized spacial score (nSPS) is 17.8. The van der Waals surface area contributed by atoms with Crippen molar-refractivity contribution in [3.8, 4) is 11.5 Å². The third-order valence-electron chi connectivity index (χ3n) is 3.60. The van der Waals surface area contributed by atoms with Crippen LogP contribution in [-0.4, -0.2) is 47.5 Å². The quantitative estimate of drug-likeness (QED) is 0.789. The molecule has 1 aromatic carbocycles. The van der Waals surface area contributed by atoms with Gasteiger partial charge in [0.1, 0.15) is 11.5 Å². The number of phenols is 2. The molecule has 3 N–H and O–H groups in total. The van der Waals surface area contributed by atoms with Crippen molar-refractivity contribution >= 4 is 12.4 Å². The van der Waals surface area contributed by atoms with Crippen LogP contribution in [0.2, 0.25) is 0 Å². The molecule has 1 aliphatic heterocycles. The molecule has 0 saturated carbocycles.